The average Bonchev–Trinajstić information content (AvgIpc) is 3.11. The molecule has 27 heavy (non-hydrogen) atoms. The zero-order valence-electron chi connectivity index (χ0n) is 13.8. The van der Waals surface area contributed by atoms with Crippen molar-refractivity contribution in [3.05, 3.63) is 65.0 Å². The van der Waals surface area contributed by atoms with Crippen molar-refractivity contribution in [3.63, 3.8) is 0 Å². The van der Waals surface area contributed by atoms with Gasteiger partial charge in [0.05, 0.1) is 11.6 Å². The molecule has 1 aromatic carbocycles. The summed E-state index contributed by atoms with van der Waals surface area (Å²) < 4.78 is 40.1. The predicted octanol–water partition coefficient (Wildman–Crippen LogP) is 3.22. The standard InChI is InChI=1S/C16H12ClF3N6O/c1-9(13-23-8-24-26(13)15-21-3-2-4-22-15)25-14(27)10-5-11(16(18,19)20)7-12(17)6-10/h2-9H,1H3,(H,25,27)/t9-/m0/s1. The van der Waals surface area contributed by atoms with Crippen LogP contribution in [0.2, 0.25) is 5.02 Å². The second-order valence-electron chi connectivity index (χ2n) is 5.50. The van der Waals surface area contributed by atoms with Gasteiger partial charge in [-0.3, -0.25) is 4.79 Å². The summed E-state index contributed by atoms with van der Waals surface area (Å²) in [6.07, 6.45) is -0.324. The number of amides is 1. The lowest BCUT2D eigenvalue weighted by Gasteiger charge is -2.15. The normalized spacial score (nSPS) is 12.6. The molecule has 3 aromatic rings. The number of carbonyl (C=O) groups is 1. The van der Waals surface area contributed by atoms with Gasteiger partial charge in [0.15, 0.2) is 5.82 Å². The van der Waals surface area contributed by atoms with Gasteiger partial charge in [-0.1, -0.05) is 11.6 Å². The third-order valence-electron chi connectivity index (χ3n) is 3.54. The summed E-state index contributed by atoms with van der Waals surface area (Å²) in [7, 11) is 0. The van der Waals surface area contributed by atoms with Crippen LogP contribution < -0.4 is 5.32 Å². The van der Waals surface area contributed by atoms with Gasteiger partial charge in [0.1, 0.15) is 6.33 Å². The van der Waals surface area contributed by atoms with E-state index in [-0.39, 0.29) is 16.5 Å². The Balaban J connectivity index is 1.84. The van der Waals surface area contributed by atoms with Crippen LogP contribution in [0.3, 0.4) is 0 Å². The molecule has 0 saturated carbocycles. The molecule has 2 aromatic heterocycles. The van der Waals surface area contributed by atoms with Gasteiger partial charge in [0.25, 0.3) is 11.9 Å². The molecule has 1 atom stereocenters. The van der Waals surface area contributed by atoms with E-state index in [0.717, 1.165) is 18.2 Å². The van der Waals surface area contributed by atoms with Gasteiger partial charge in [-0.15, -0.1) is 0 Å². The molecule has 0 bridgehead atoms. The summed E-state index contributed by atoms with van der Waals surface area (Å²) in [4.78, 5) is 24.6. The highest BCUT2D eigenvalue weighted by Gasteiger charge is 2.32. The molecule has 0 saturated heterocycles. The van der Waals surface area contributed by atoms with E-state index >= 15 is 0 Å². The summed E-state index contributed by atoms with van der Waals surface area (Å²) in [6.45, 7) is 1.61. The Morgan fingerprint density at radius 3 is 2.56 bits per heavy atom. The Morgan fingerprint density at radius 1 is 1.19 bits per heavy atom. The fourth-order valence-corrected chi connectivity index (χ4v) is 2.56. The number of hydrogen-bond donors (Lipinski definition) is 1. The number of nitrogens with zero attached hydrogens (tertiary/aromatic N) is 5. The molecule has 0 unspecified atom stereocenters. The average molecular weight is 397 g/mol. The maximum Gasteiger partial charge on any atom is 0.416 e. The Kier molecular flexibility index (Phi) is 5.08. The van der Waals surface area contributed by atoms with Crippen molar-refractivity contribution in [1.82, 2.24) is 30.0 Å². The van der Waals surface area contributed by atoms with Gasteiger partial charge in [-0.05, 0) is 31.2 Å². The van der Waals surface area contributed by atoms with Crippen LogP contribution in [0, 0.1) is 0 Å². The summed E-state index contributed by atoms with van der Waals surface area (Å²) in [6, 6.07) is 3.59. The molecule has 1 amide bonds. The van der Waals surface area contributed by atoms with E-state index < -0.39 is 23.7 Å². The first-order valence-corrected chi connectivity index (χ1v) is 7.99. The summed E-state index contributed by atoms with van der Waals surface area (Å²) >= 11 is 5.72. The van der Waals surface area contributed by atoms with Crippen LogP contribution in [-0.2, 0) is 6.18 Å². The fraction of sp³-hybridized carbons (Fsp3) is 0.188. The first-order chi connectivity index (χ1) is 12.8. The summed E-state index contributed by atoms with van der Waals surface area (Å²) in [5.74, 6) is -0.181. The van der Waals surface area contributed by atoms with E-state index in [9.17, 15) is 18.0 Å². The lowest BCUT2D eigenvalue weighted by atomic mass is 10.1. The molecule has 7 nitrogen and oxygen atoms in total. The number of rotatable bonds is 4. The van der Waals surface area contributed by atoms with Crippen molar-refractivity contribution in [2.45, 2.75) is 19.1 Å². The number of nitrogens with one attached hydrogen (secondary N) is 1. The van der Waals surface area contributed by atoms with Gasteiger partial charge in [0.2, 0.25) is 0 Å². The van der Waals surface area contributed by atoms with Gasteiger partial charge in [-0.2, -0.15) is 23.0 Å². The maximum atomic E-state index is 12.9. The van der Waals surface area contributed by atoms with E-state index in [0.29, 0.717) is 5.82 Å². The van der Waals surface area contributed by atoms with Crippen molar-refractivity contribution in [2.24, 2.45) is 0 Å². The fourth-order valence-electron chi connectivity index (χ4n) is 2.33. The SMILES string of the molecule is C[C@H](NC(=O)c1cc(Cl)cc(C(F)(F)F)c1)c1ncnn1-c1ncccn1. The molecule has 140 valence electrons. The van der Waals surface area contributed by atoms with E-state index in [1.54, 1.807) is 13.0 Å². The van der Waals surface area contributed by atoms with Crippen molar-refractivity contribution in [3.8, 4) is 5.95 Å². The monoisotopic (exact) mass is 396 g/mol. The maximum absolute atomic E-state index is 12.9. The third kappa shape index (κ3) is 4.22. The Bertz CT molecular complexity index is 960. The first-order valence-electron chi connectivity index (χ1n) is 7.61. The highest BCUT2D eigenvalue weighted by molar-refractivity contribution is 6.31. The molecule has 0 fully saturated rings. The minimum Gasteiger partial charge on any atom is -0.342 e. The highest BCUT2D eigenvalue weighted by atomic mass is 35.5. The molecular formula is C16H12ClF3N6O. The van der Waals surface area contributed by atoms with Crippen molar-refractivity contribution >= 4 is 17.5 Å². The highest BCUT2D eigenvalue weighted by Crippen LogP contribution is 2.32. The molecule has 0 aliphatic carbocycles. The first kappa shape index (κ1) is 18.8. The molecule has 0 spiro atoms. The number of hydrogen-bond acceptors (Lipinski definition) is 5. The largest absolute Gasteiger partial charge is 0.416 e. The van der Waals surface area contributed by atoms with Crippen LogP contribution in [0.5, 0.6) is 0 Å². The summed E-state index contributed by atoms with van der Waals surface area (Å²) in [5.41, 5.74) is -1.22. The van der Waals surface area contributed by atoms with Crippen LogP contribution >= 0.6 is 11.6 Å². The van der Waals surface area contributed by atoms with E-state index in [2.05, 4.69) is 25.4 Å². The van der Waals surface area contributed by atoms with Crippen LogP contribution in [0.25, 0.3) is 5.95 Å². The minimum absolute atomic E-state index is 0.191. The molecule has 11 heteroatoms. The molecule has 0 aliphatic heterocycles. The smallest absolute Gasteiger partial charge is 0.342 e. The molecule has 0 aliphatic rings. The summed E-state index contributed by atoms with van der Waals surface area (Å²) in [5, 5.41) is 6.39. The Morgan fingerprint density at radius 2 is 1.89 bits per heavy atom. The van der Waals surface area contributed by atoms with Crippen LogP contribution in [0.4, 0.5) is 13.2 Å². The van der Waals surface area contributed by atoms with Crippen LogP contribution in [-0.4, -0.2) is 30.6 Å². The van der Waals surface area contributed by atoms with Gasteiger partial charge in [0, 0.05) is 23.0 Å². The zero-order valence-corrected chi connectivity index (χ0v) is 14.5. The lowest BCUT2D eigenvalue weighted by Crippen LogP contribution is -2.29. The van der Waals surface area contributed by atoms with Crippen molar-refractivity contribution in [1.29, 1.82) is 0 Å². The predicted molar refractivity (Wildman–Crippen MR) is 89.3 cm³/mol. The molecule has 3 rings (SSSR count). The van der Waals surface area contributed by atoms with Gasteiger partial charge in [-0.25, -0.2) is 15.0 Å². The molecule has 2 heterocycles. The third-order valence-corrected chi connectivity index (χ3v) is 3.76. The van der Waals surface area contributed by atoms with E-state index in [4.69, 9.17) is 11.6 Å². The number of carbonyl (C=O) groups excluding carboxylic acids is 1. The lowest BCUT2D eigenvalue weighted by molar-refractivity contribution is -0.137. The second-order valence-corrected chi connectivity index (χ2v) is 5.94. The van der Waals surface area contributed by atoms with Crippen LogP contribution in [0.1, 0.15) is 34.7 Å². The quantitative estimate of drug-likeness (QED) is 0.731. The minimum atomic E-state index is -4.61. The topological polar surface area (TPSA) is 85.6 Å². The van der Waals surface area contributed by atoms with Gasteiger partial charge >= 0.3 is 6.18 Å². The van der Waals surface area contributed by atoms with E-state index in [1.165, 1.54) is 23.4 Å². The molecule has 1 N–H and O–H groups in total. The van der Waals surface area contributed by atoms with Crippen molar-refractivity contribution in [2.75, 3.05) is 0 Å². The van der Waals surface area contributed by atoms with Crippen molar-refractivity contribution < 1.29 is 18.0 Å². The Labute approximate surface area is 156 Å². The molecular weight excluding hydrogens is 385 g/mol. The number of aromatic nitrogens is 5. The van der Waals surface area contributed by atoms with E-state index in [1.807, 2.05) is 0 Å². The zero-order chi connectivity index (χ0) is 19.6. The number of alkyl halides is 3. The number of benzene rings is 1. The van der Waals surface area contributed by atoms with Gasteiger partial charge < -0.3 is 5.32 Å². The second kappa shape index (κ2) is 7.31. The number of halogens is 4. The van der Waals surface area contributed by atoms with Crippen LogP contribution in [0.15, 0.2) is 43.0 Å². The molecule has 0 radical (unpaired) electrons. The Hall–Kier alpha value is -3.01.